The maximum absolute atomic E-state index is 12.1. The first-order chi connectivity index (χ1) is 10.3. The summed E-state index contributed by atoms with van der Waals surface area (Å²) in [5, 5.41) is 0. The molecule has 1 aliphatic carbocycles. The Balaban J connectivity index is 1.52. The van der Waals surface area contributed by atoms with E-state index in [0.29, 0.717) is 25.7 Å². The Bertz CT molecular complexity index is 638. The van der Waals surface area contributed by atoms with Gasteiger partial charge >= 0.3 is 5.69 Å². The summed E-state index contributed by atoms with van der Waals surface area (Å²) >= 11 is 0. The highest BCUT2D eigenvalue weighted by Crippen LogP contribution is 2.33. The molecule has 2 N–H and O–H groups in total. The van der Waals surface area contributed by atoms with E-state index in [9.17, 15) is 4.79 Å². The molecule has 0 unspecified atom stereocenters. The van der Waals surface area contributed by atoms with Crippen LogP contribution in [0.1, 0.15) is 24.4 Å². The second kappa shape index (κ2) is 6.18. The van der Waals surface area contributed by atoms with E-state index < -0.39 is 0 Å². The molecule has 2 aromatic rings. The van der Waals surface area contributed by atoms with Crippen LogP contribution in [-0.2, 0) is 13.0 Å². The molecule has 1 saturated carbocycles. The molecule has 0 saturated heterocycles. The van der Waals surface area contributed by atoms with E-state index >= 15 is 0 Å². The number of nitrogens with two attached hydrogens (primary N) is 1. The molecule has 3 rings (SSSR count). The molecule has 0 bridgehead atoms. The average Bonchev–Trinajstić information content (AvgIpc) is 3.27. The highest BCUT2D eigenvalue weighted by Gasteiger charge is 2.25. The van der Waals surface area contributed by atoms with Crippen LogP contribution >= 0.6 is 0 Å². The van der Waals surface area contributed by atoms with Gasteiger partial charge in [0.15, 0.2) is 0 Å². The molecule has 0 amide bonds. The third kappa shape index (κ3) is 3.36. The van der Waals surface area contributed by atoms with Crippen LogP contribution in [0.3, 0.4) is 0 Å². The Kier molecular flexibility index (Phi) is 4.10. The SMILES string of the molecule is NCCc1ccc(OCCn2ccn(C3CC3)c2=O)cc1. The quantitative estimate of drug-likeness (QED) is 0.840. The number of rotatable bonds is 7. The van der Waals surface area contributed by atoms with Gasteiger partial charge in [0.1, 0.15) is 12.4 Å². The van der Waals surface area contributed by atoms with Crippen LogP contribution in [0.2, 0.25) is 0 Å². The molecule has 0 radical (unpaired) electrons. The third-order valence-corrected chi connectivity index (χ3v) is 3.77. The van der Waals surface area contributed by atoms with Gasteiger partial charge in [-0.05, 0) is 43.5 Å². The monoisotopic (exact) mass is 287 g/mol. The summed E-state index contributed by atoms with van der Waals surface area (Å²) in [6.45, 7) is 1.72. The first-order valence-corrected chi connectivity index (χ1v) is 7.47. The summed E-state index contributed by atoms with van der Waals surface area (Å²) in [6, 6.07) is 8.37. The van der Waals surface area contributed by atoms with Crippen LogP contribution in [0.5, 0.6) is 5.75 Å². The molecule has 0 spiro atoms. The zero-order valence-corrected chi connectivity index (χ0v) is 12.1. The van der Waals surface area contributed by atoms with Gasteiger partial charge in [-0.1, -0.05) is 12.1 Å². The minimum Gasteiger partial charge on any atom is -0.492 e. The zero-order chi connectivity index (χ0) is 14.7. The fourth-order valence-electron chi connectivity index (χ4n) is 2.41. The first-order valence-electron chi connectivity index (χ1n) is 7.47. The van der Waals surface area contributed by atoms with E-state index in [1.54, 1.807) is 4.57 Å². The third-order valence-electron chi connectivity index (χ3n) is 3.77. The highest BCUT2D eigenvalue weighted by atomic mass is 16.5. The van der Waals surface area contributed by atoms with E-state index in [2.05, 4.69) is 0 Å². The number of nitrogens with zero attached hydrogens (tertiary/aromatic N) is 2. The van der Waals surface area contributed by atoms with Gasteiger partial charge in [-0.3, -0.25) is 9.13 Å². The number of imidazole rings is 1. The minimum atomic E-state index is 0.0689. The van der Waals surface area contributed by atoms with Crippen molar-refractivity contribution in [1.82, 2.24) is 9.13 Å². The van der Waals surface area contributed by atoms with E-state index in [0.717, 1.165) is 25.0 Å². The maximum atomic E-state index is 12.1. The van der Waals surface area contributed by atoms with Gasteiger partial charge in [0.05, 0.1) is 6.54 Å². The Morgan fingerprint density at radius 2 is 1.95 bits per heavy atom. The highest BCUT2D eigenvalue weighted by molar-refractivity contribution is 5.27. The Morgan fingerprint density at radius 3 is 2.62 bits per heavy atom. The molecule has 1 heterocycles. The van der Waals surface area contributed by atoms with Gasteiger partial charge in [-0.25, -0.2) is 4.79 Å². The molecule has 0 atom stereocenters. The summed E-state index contributed by atoms with van der Waals surface area (Å²) in [4.78, 5) is 12.1. The van der Waals surface area contributed by atoms with Crippen LogP contribution in [0.25, 0.3) is 0 Å². The Labute approximate surface area is 124 Å². The van der Waals surface area contributed by atoms with Crippen molar-refractivity contribution in [1.29, 1.82) is 0 Å². The number of benzene rings is 1. The Morgan fingerprint density at radius 1 is 1.19 bits per heavy atom. The van der Waals surface area contributed by atoms with E-state index in [1.165, 1.54) is 5.56 Å². The summed E-state index contributed by atoms with van der Waals surface area (Å²) < 4.78 is 9.21. The van der Waals surface area contributed by atoms with Gasteiger partial charge in [-0.2, -0.15) is 0 Å². The van der Waals surface area contributed by atoms with Gasteiger partial charge < -0.3 is 10.5 Å². The van der Waals surface area contributed by atoms with Crippen molar-refractivity contribution in [3.8, 4) is 5.75 Å². The number of hydrogen-bond acceptors (Lipinski definition) is 3. The van der Waals surface area contributed by atoms with Crippen molar-refractivity contribution < 1.29 is 4.74 Å². The van der Waals surface area contributed by atoms with Crippen LogP contribution in [-0.4, -0.2) is 22.3 Å². The summed E-state index contributed by atoms with van der Waals surface area (Å²) in [7, 11) is 0. The van der Waals surface area contributed by atoms with Crippen LogP contribution in [0, 0.1) is 0 Å². The minimum absolute atomic E-state index is 0.0689. The molecule has 1 aliphatic rings. The van der Waals surface area contributed by atoms with Crippen molar-refractivity contribution in [3.63, 3.8) is 0 Å². The zero-order valence-electron chi connectivity index (χ0n) is 12.1. The van der Waals surface area contributed by atoms with E-state index in [1.807, 2.05) is 41.2 Å². The largest absolute Gasteiger partial charge is 0.492 e. The predicted octanol–water partition coefficient (Wildman–Crippen LogP) is 1.56. The van der Waals surface area contributed by atoms with Gasteiger partial charge in [0.2, 0.25) is 0 Å². The normalized spacial score (nSPS) is 14.3. The first kappa shape index (κ1) is 13.9. The van der Waals surface area contributed by atoms with Crippen LogP contribution in [0.4, 0.5) is 0 Å². The second-order valence-corrected chi connectivity index (χ2v) is 5.44. The lowest BCUT2D eigenvalue weighted by atomic mass is 10.1. The van der Waals surface area contributed by atoms with Crippen LogP contribution in [0.15, 0.2) is 41.5 Å². The summed E-state index contributed by atoms with van der Waals surface area (Å²) in [5.74, 6) is 0.824. The molecule has 21 heavy (non-hydrogen) atoms. The fraction of sp³-hybridized carbons (Fsp3) is 0.438. The molecule has 1 fully saturated rings. The van der Waals surface area contributed by atoms with Crippen molar-refractivity contribution in [2.24, 2.45) is 5.73 Å². The van der Waals surface area contributed by atoms with Crippen molar-refractivity contribution in [3.05, 3.63) is 52.7 Å². The molecular weight excluding hydrogens is 266 g/mol. The molecule has 112 valence electrons. The Hall–Kier alpha value is -2.01. The summed E-state index contributed by atoms with van der Waals surface area (Å²) in [6.07, 6.45) is 6.84. The summed E-state index contributed by atoms with van der Waals surface area (Å²) in [5.41, 5.74) is 6.80. The topological polar surface area (TPSA) is 62.2 Å². The second-order valence-electron chi connectivity index (χ2n) is 5.44. The number of hydrogen-bond donors (Lipinski definition) is 1. The smallest absolute Gasteiger partial charge is 0.328 e. The molecular formula is C16H21N3O2. The molecule has 5 heteroatoms. The van der Waals surface area contributed by atoms with Crippen LogP contribution < -0.4 is 16.2 Å². The van der Waals surface area contributed by atoms with E-state index in [4.69, 9.17) is 10.5 Å². The van der Waals surface area contributed by atoms with Gasteiger partial charge in [0.25, 0.3) is 0 Å². The lowest BCUT2D eigenvalue weighted by Crippen LogP contribution is -2.25. The molecule has 1 aromatic carbocycles. The predicted molar refractivity (Wildman–Crippen MR) is 81.7 cm³/mol. The molecule has 1 aromatic heterocycles. The van der Waals surface area contributed by atoms with Crippen molar-refractivity contribution in [2.45, 2.75) is 31.8 Å². The van der Waals surface area contributed by atoms with Crippen molar-refractivity contribution >= 4 is 0 Å². The lowest BCUT2D eigenvalue weighted by Gasteiger charge is -2.07. The standard InChI is InChI=1S/C16H21N3O2/c17-8-7-13-1-5-15(6-2-13)21-12-11-18-9-10-19(16(18)20)14-3-4-14/h1-2,5-6,9-10,14H,3-4,7-8,11-12,17H2. The number of ether oxygens (including phenoxy) is 1. The van der Waals surface area contributed by atoms with Gasteiger partial charge in [-0.15, -0.1) is 0 Å². The lowest BCUT2D eigenvalue weighted by molar-refractivity contribution is 0.295. The fourth-order valence-corrected chi connectivity index (χ4v) is 2.41. The maximum Gasteiger partial charge on any atom is 0.328 e. The molecule has 5 nitrogen and oxygen atoms in total. The van der Waals surface area contributed by atoms with E-state index in [-0.39, 0.29) is 5.69 Å². The number of aromatic nitrogens is 2. The van der Waals surface area contributed by atoms with Gasteiger partial charge in [0, 0.05) is 18.4 Å². The average molecular weight is 287 g/mol. The molecule has 0 aliphatic heterocycles. The van der Waals surface area contributed by atoms with Crippen molar-refractivity contribution in [2.75, 3.05) is 13.2 Å².